The van der Waals surface area contributed by atoms with E-state index in [2.05, 4.69) is 5.32 Å². The molecule has 0 aliphatic heterocycles. The van der Waals surface area contributed by atoms with E-state index in [0.717, 1.165) is 16.8 Å². The molecule has 0 atom stereocenters. The molecular formula is C14H15N3O2. The van der Waals surface area contributed by atoms with Crippen LogP contribution in [0.5, 0.6) is 0 Å². The molecule has 19 heavy (non-hydrogen) atoms. The number of nitrogen functional groups attached to an aromatic ring is 1. The van der Waals surface area contributed by atoms with Crippen LogP contribution in [0, 0.1) is 24.0 Å². The van der Waals surface area contributed by atoms with Crippen molar-refractivity contribution in [1.82, 2.24) is 0 Å². The molecule has 0 unspecified atom stereocenters. The number of hydrogen-bond acceptors (Lipinski definition) is 4. The van der Waals surface area contributed by atoms with Crippen molar-refractivity contribution in [2.45, 2.75) is 13.8 Å². The largest absolute Gasteiger partial charge is 0.393 e. The normalized spacial score (nSPS) is 10.2. The molecule has 5 nitrogen and oxygen atoms in total. The number of anilines is 3. The van der Waals surface area contributed by atoms with Crippen LogP contribution in [0.25, 0.3) is 0 Å². The number of nitrogens with one attached hydrogen (secondary N) is 1. The third-order valence-electron chi connectivity index (χ3n) is 3.12. The van der Waals surface area contributed by atoms with Crippen molar-refractivity contribution < 1.29 is 4.92 Å². The lowest BCUT2D eigenvalue weighted by atomic mass is 10.1. The maximum atomic E-state index is 11.1. The molecule has 0 aliphatic carbocycles. The fourth-order valence-electron chi connectivity index (χ4n) is 1.90. The number of para-hydroxylation sites is 1. The second kappa shape index (κ2) is 4.97. The Hall–Kier alpha value is -2.56. The van der Waals surface area contributed by atoms with Crippen LogP contribution in [-0.4, -0.2) is 4.92 Å². The van der Waals surface area contributed by atoms with Crippen molar-refractivity contribution in [1.29, 1.82) is 0 Å². The van der Waals surface area contributed by atoms with Crippen molar-refractivity contribution in [2.24, 2.45) is 0 Å². The maximum Gasteiger partial charge on any atom is 0.315 e. The third kappa shape index (κ3) is 2.49. The van der Waals surface area contributed by atoms with Gasteiger partial charge in [-0.3, -0.25) is 10.1 Å². The lowest BCUT2D eigenvalue weighted by Crippen LogP contribution is -2.02. The number of nitro groups is 1. The Morgan fingerprint density at radius 1 is 1.11 bits per heavy atom. The molecule has 2 aromatic carbocycles. The summed E-state index contributed by atoms with van der Waals surface area (Å²) in [5.41, 5.74) is 9.14. The van der Waals surface area contributed by atoms with Gasteiger partial charge in [-0.15, -0.1) is 0 Å². The second-order valence-electron chi connectivity index (χ2n) is 4.37. The minimum Gasteiger partial charge on any atom is -0.393 e. The Morgan fingerprint density at radius 2 is 1.74 bits per heavy atom. The molecule has 0 aromatic heterocycles. The number of nitrogens with zero attached hydrogens (tertiary/aromatic N) is 1. The molecule has 0 fully saturated rings. The SMILES string of the molecule is Cc1cccc(Nc2cccc(N)c2[N+](=O)[O-])c1C. The first-order chi connectivity index (χ1) is 9.00. The van der Waals surface area contributed by atoms with Crippen LogP contribution < -0.4 is 11.1 Å². The Kier molecular flexibility index (Phi) is 3.37. The second-order valence-corrected chi connectivity index (χ2v) is 4.37. The smallest absolute Gasteiger partial charge is 0.315 e. The standard InChI is InChI=1S/C14H15N3O2/c1-9-5-3-7-12(10(9)2)16-13-8-4-6-11(15)14(13)17(18)19/h3-8,16H,15H2,1-2H3. The van der Waals surface area contributed by atoms with Gasteiger partial charge in [0.2, 0.25) is 0 Å². The van der Waals surface area contributed by atoms with Crippen LogP contribution in [0.15, 0.2) is 36.4 Å². The molecule has 0 spiro atoms. The number of rotatable bonds is 3. The highest BCUT2D eigenvalue weighted by atomic mass is 16.6. The van der Waals surface area contributed by atoms with Crippen molar-refractivity contribution in [3.63, 3.8) is 0 Å². The van der Waals surface area contributed by atoms with Crippen LogP contribution in [0.3, 0.4) is 0 Å². The summed E-state index contributed by atoms with van der Waals surface area (Å²) in [5, 5.41) is 14.2. The van der Waals surface area contributed by atoms with Gasteiger partial charge in [-0.2, -0.15) is 0 Å². The van der Waals surface area contributed by atoms with Gasteiger partial charge in [0.25, 0.3) is 0 Å². The van der Waals surface area contributed by atoms with Gasteiger partial charge in [0.05, 0.1) is 4.92 Å². The van der Waals surface area contributed by atoms with Gasteiger partial charge in [0.15, 0.2) is 0 Å². The zero-order chi connectivity index (χ0) is 14.0. The molecule has 5 heteroatoms. The Morgan fingerprint density at radius 3 is 2.42 bits per heavy atom. The zero-order valence-corrected chi connectivity index (χ0v) is 10.8. The summed E-state index contributed by atoms with van der Waals surface area (Å²) in [6.45, 7) is 3.96. The highest BCUT2D eigenvalue weighted by molar-refractivity contribution is 5.79. The number of nitrogens with two attached hydrogens (primary N) is 1. The number of aryl methyl sites for hydroxylation is 1. The molecule has 0 radical (unpaired) electrons. The Labute approximate surface area is 111 Å². The molecule has 2 aromatic rings. The van der Waals surface area contributed by atoms with Crippen molar-refractivity contribution in [3.8, 4) is 0 Å². The van der Waals surface area contributed by atoms with Crippen molar-refractivity contribution in [2.75, 3.05) is 11.1 Å². The first kappa shape index (κ1) is 12.9. The molecule has 0 amide bonds. The van der Waals surface area contributed by atoms with E-state index in [1.165, 1.54) is 6.07 Å². The quantitative estimate of drug-likeness (QED) is 0.500. The average molecular weight is 257 g/mol. The molecule has 3 N–H and O–H groups in total. The van der Waals surface area contributed by atoms with Crippen LogP contribution in [0.2, 0.25) is 0 Å². The molecule has 0 saturated carbocycles. The van der Waals surface area contributed by atoms with E-state index in [4.69, 9.17) is 5.73 Å². The number of nitro benzene ring substituents is 1. The van der Waals surface area contributed by atoms with E-state index in [9.17, 15) is 10.1 Å². The average Bonchev–Trinajstić information content (AvgIpc) is 2.34. The van der Waals surface area contributed by atoms with Crippen LogP contribution in [-0.2, 0) is 0 Å². The maximum absolute atomic E-state index is 11.1. The van der Waals surface area contributed by atoms with E-state index in [0.29, 0.717) is 5.69 Å². The fourth-order valence-corrected chi connectivity index (χ4v) is 1.90. The molecule has 0 saturated heterocycles. The van der Waals surface area contributed by atoms with Gasteiger partial charge in [0, 0.05) is 5.69 Å². The van der Waals surface area contributed by atoms with Crippen LogP contribution in [0.1, 0.15) is 11.1 Å². The first-order valence-corrected chi connectivity index (χ1v) is 5.87. The zero-order valence-electron chi connectivity index (χ0n) is 10.8. The number of benzene rings is 2. The third-order valence-corrected chi connectivity index (χ3v) is 3.12. The highest BCUT2D eigenvalue weighted by Gasteiger charge is 2.18. The minimum atomic E-state index is -0.469. The summed E-state index contributed by atoms with van der Waals surface area (Å²) >= 11 is 0. The molecule has 0 aliphatic rings. The lowest BCUT2D eigenvalue weighted by molar-refractivity contribution is -0.383. The fraction of sp³-hybridized carbons (Fsp3) is 0.143. The summed E-state index contributed by atoms with van der Waals surface area (Å²) in [6.07, 6.45) is 0. The van der Waals surface area contributed by atoms with Crippen molar-refractivity contribution >= 4 is 22.7 Å². The van der Waals surface area contributed by atoms with Crippen LogP contribution >= 0.6 is 0 Å². The monoisotopic (exact) mass is 257 g/mol. The van der Waals surface area contributed by atoms with Gasteiger partial charge in [-0.1, -0.05) is 18.2 Å². The summed E-state index contributed by atoms with van der Waals surface area (Å²) in [6, 6.07) is 10.6. The molecule has 0 bridgehead atoms. The summed E-state index contributed by atoms with van der Waals surface area (Å²) in [5.74, 6) is 0. The first-order valence-electron chi connectivity index (χ1n) is 5.87. The van der Waals surface area contributed by atoms with E-state index in [1.807, 2.05) is 32.0 Å². The summed E-state index contributed by atoms with van der Waals surface area (Å²) in [4.78, 5) is 10.6. The van der Waals surface area contributed by atoms with E-state index in [1.54, 1.807) is 12.1 Å². The summed E-state index contributed by atoms with van der Waals surface area (Å²) in [7, 11) is 0. The van der Waals surface area contributed by atoms with Crippen LogP contribution in [0.4, 0.5) is 22.7 Å². The lowest BCUT2D eigenvalue weighted by Gasteiger charge is -2.12. The van der Waals surface area contributed by atoms with E-state index >= 15 is 0 Å². The number of hydrogen-bond donors (Lipinski definition) is 2. The van der Waals surface area contributed by atoms with Gasteiger partial charge in [-0.05, 0) is 43.2 Å². The molecule has 2 rings (SSSR count). The Balaban J connectivity index is 2.47. The van der Waals surface area contributed by atoms with Gasteiger partial charge >= 0.3 is 5.69 Å². The predicted octanol–water partition coefficient (Wildman–Crippen LogP) is 3.54. The predicted molar refractivity (Wildman–Crippen MR) is 76.7 cm³/mol. The topological polar surface area (TPSA) is 81.2 Å². The molecule has 98 valence electrons. The van der Waals surface area contributed by atoms with Gasteiger partial charge < -0.3 is 11.1 Å². The minimum absolute atomic E-state index is 0.0941. The van der Waals surface area contributed by atoms with Gasteiger partial charge in [0.1, 0.15) is 11.4 Å². The Bertz CT molecular complexity index is 639. The highest BCUT2D eigenvalue weighted by Crippen LogP contribution is 2.33. The summed E-state index contributed by atoms with van der Waals surface area (Å²) < 4.78 is 0. The molecule has 0 heterocycles. The van der Waals surface area contributed by atoms with E-state index in [-0.39, 0.29) is 11.4 Å². The van der Waals surface area contributed by atoms with Gasteiger partial charge in [-0.25, -0.2) is 0 Å². The van der Waals surface area contributed by atoms with Crippen molar-refractivity contribution in [3.05, 3.63) is 57.6 Å². The van der Waals surface area contributed by atoms with E-state index < -0.39 is 4.92 Å². The molecular weight excluding hydrogens is 242 g/mol.